The molecule has 94 valence electrons. The quantitative estimate of drug-likeness (QED) is 0.847. The molecule has 1 aromatic carbocycles. The van der Waals surface area contributed by atoms with Gasteiger partial charge in [-0.15, -0.1) is 0 Å². The van der Waals surface area contributed by atoms with Crippen molar-refractivity contribution >= 4 is 17.5 Å². The molecule has 0 aliphatic rings. The number of carbonyl (C=O) groups is 1. The van der Waals surface area contributed by atoms with E-state index in [-0.39, 0.29) is 17.0 Å². The Morgan fingerprint density at radius 1 is 1.53 bits per heavy atom. The number of primary amides is 1. The first-order valence-electron chi connectivity index (χ1n) is 5.27. The molecular formula is C12H16ClFN2O. The summed E-state index contributed by atoms with van der Waals surface area (Å²) in [5.74, 6) is -0.839. The number of nitrogens with one attached hydrogen (secondary N) is 1. The summed E-state index contributed by atoms with van der Waals surface area (Å²) in [6.07, 6.45) is 0. The second kappa shape index (κ2) is 5.47. The van der Waals surface area contributed by atoms with Crippen molar-refractivity contribution in [3.8, 4) is 0 Å². The number of carbonyl (C=O) groups excluding carboxylic acids is 1. The summed E-state index contributed by atoms with van der Waals surface area (Å²) in [4.78, 5) is 10.6. The average Bonchev–Trinajstić information content (AvgIpc) is 2.21. The molecule has 0 atom stereocenters. The zero-order valence-electron chi connectivity index (χ0n) is 9.89. The van der Waals surface area contributed by atoms with E-state index < -0.39 is 11.7 Å². The van der Waals surface area contributed by atoms with Crippen molar-refractivity contribution in [1.29, 1.82) is 0 Å². The third kappa shape index (κ3) is 3.98. The van der Waals surface area contributed by atoms with E-state index in [9.17, 15) is 9.18 Å². The highest BCUT2D eigenvalue weighted by Gasteiger charge is 2.21. The van der Waals surface area contributed by atoms with Crippen molar-refractivity contribution in [2.24, 2.45) is 5.73 Å². The molecule has 0 aromatic heterocycles. The van der Waals surface area contributed by atoms with Crippen LogP contribution in [0, 0.1) is 5.82 Å². The van der Waals surface area contributed by atoms with E-state index in [0.717, 1.165) is 5.56 Å². The maximum absolute atomic E-state index is 13.0. The van der Waals surface area contributed by atoms with Crippen molar-refractivity contribution < 1.29 is 9.18 Å². The zero-order chi connectivity index (χ0) is 13.1. The molecule has 0 saturated carbocycles. The van der Waals surface area contributed by atoms with Crippen LogP contribution in [0.4, 0.5) is 4.39 Å². The lowest BCUT2D eigenvalue weighted by Gasteiger charge is -2.25. The smallest absolute Gasteiger partial charge is 0.231 e. The molecule has 0 radical (unpaired) electrons. The van der Waals surface area contributed by atoms with Crippen molar-refractivity contribution in [3.05, 3.63) is 34.6 Å². The number of rotatable bonds is 5. The molecule has 1 aromatic rings. The number of hydrogen-bond acceptors (Lipinski definition) is 2. The molecule has 0 saturated heterocycles. The SMILES string of the molecule is CC(C)(CNCC(N)=O)c1ccc(F)c(Cl)c1. The van der Waals surface area contributed by atoms with E-state index in [4.69, 9.17) is 17.3 Å². The van der Waals surface area contributed by atoms with E-state index in [1.807, 2.05) is 13.8 Å². The van der Waals surface area contributed by atoms with Crippen LogP contribution in [0.5, 0.6) is 0 Å². The third-order valence-electron chi connectivity index (χ3n) is 2.57. The molecule has 3 N–H and O–H groups in total. The first-order valence-corrected chi connectivity index (χ1v) is 5.65. The summed E-state index contributed by atoms with van der Waals surface area (Å²) < 4.78 is 13.0. The van der Waals surface area contributed by atoms with E-state index in [2.05, 4.69) is 5.32 Å². The first-order chi connectivity index (χ1) is 7.83. The Morgan fingerprint density at radius 2 is 2.18 bits per heavy atom. The number of nitrogens with two attached hydrogens (primary N) is 1. The minimum absolute atomic E-state index is 0.102. The molecule has 1 rings (SSSR count). The van der Waals surface area contributed by atoms with Gasteiger partial charge in [0.1, 0.15) is 5.82 Å². The minimum atomic E-state index is -0.434. The molecule has 1 amide bonds. The van der Waals surface area contributed by atoms with Gasteiger partial charge in [0, 0.05) is 12.0 Å². The Balaban J connectivity index is 2.74. The van der Waals surface area contributed by atoms with E-state index in [1.165, 1.54) is 6.07 Å². The van der Waals surface area contributed by atoms with Gasteiger partial charge in [-0.05, 0) is 17.7 Å². The Hall–Kier alpha value is -1.13. The molecule has 0 aliphatic carbocycles. The largest absolute Gasteiger partial charge is 0.369 e. The average molecular weight is 259 g/mol. The molecule has 0 heterocycles. The standard InChI is InChI=1S/C12H16ClFN2O/c1-12(2,7-16-6-11(15)17)8-3-4-10(14)9(13)5-8/h3-5,16H,6-7H2,1-2H3,(H2,15,17). The molecule has 0 aliphatic heterocycles. The molecule has 5 heteroatoms. The fourth-order valence-electron chi connectivity index (χ4n) is 1.52. The van der Waals surface area contributed by atoms with Crippen LogP contribution in [0.3, 0.4) is 0 Å². The monoisotopic (exact) mass is 258 g/mol. The molecule has 0 bridgehead atoms. The van der Waals surface area contributed by atoms with Gasteiger partial charge in [-0.25, -0.2) is 4.39 Å². The number of halogens is 2. The van der Waals surface area contributed by atoms with Gasteiger partial charge in [0.25, 0.3) is 0 Å². The highest BCUT2D eigenvalue weighted by atomic mass is 35.5. The summed E-state index contributed by atoms with van der Waals surface area (Å²) in [5, 5.41) is 3.05. The van der Waals surface area contributed by atoms with Crippen LogP contribution in [-0.2, 0) is 10.2 Å². The molecular weight excluding hydrogens is 243 g/mol. The van der Waals surface area contributed by atoms with Gasteiger partial charge in [0.05, 0.1) is 11.6 Å². The fourth-order valence-corrected chi connectivity index (χ4v) is 1.70. The lowest BCUT2D eigenvalue weighted by Crippen LogP contribution is -2.37. The lowest BCUT2D eigenvalue weighted by molar-refractivity contribution is -0.117. The zero-order valence-corrected chi connectivity index (χ0v) is 10.6. The summed E-state index contributed by atoms with van der Waals surface area (Å²) in [7, 11) is 0. The topological polar surface area (TPSA) is 55.1 Å². The molecule has 0 spiro atoms. The van der Waals surface area contributed by atoms with Gasteiger partial charge in [-0.3, -0.25) is 4.79 Å². The Kier molecular flexibility index (Phi) is 4.48. The van der Waals surface area contributed by atoms with Crippen molar-refractivity contribution in [1.82, 2.24) is 5.32 Å². The van der Waals surface area contributed by atoms with Crippen LogP contribution >= 0.6 is 11.6 Å². The highest BCUT2D eigenvalue weighted by Crippen LogP contribution is 2.26. The number of amides is 1. The van der Waals surface area contributed by atoms with Crippen LogP contribution in [0.25, 0.3) is 0 Å². The van der Waals surface area contributed by atoms with Crippen molar-refractivity contribution in [2.75, 3.05) is 13.1 Å². The predicted molar refractivity (Wildman–Crippen MR) is 66.5 cm³/mol. The molecule has 3 nitrogen and oxygen atoms in total. The molecule has 0 fully saturated rings. The van der Waals surface area contributed by atoms with E-state index in [0.29, 0.717) is 6.54 Å². The maximum atomic E-state index is 13.0. The molecule has 0 unspecified atom stereocenters. The molecule has 17 heavy (non-hydrogen) atoms. The van der Waals surface area contributed by atoms with Gasteiger partial charge in [0.15, 0.2) is 0 Å². The number of hydrogen-bond donors (Lipinski definition) is 2. The Bertz CT molecular complexity index is 421. The predicted octanol–water partition coefficient (Wildman–Crippen LogP) is 1.83. The minimum Gasteiger partial charge on any atom is -0.369 e. The van der Waals surface area contributed by atoms with E-state index >= 15 is 0 Å². The number of benzene rings is 1. The summed E-state index contributed by atoms with van der Waals surface area (Å²) in [6, 6.07) is 4.63. The maximum Gasteiger partial charge on any atom is 0.231 e. The van der Waals surface area contributed by atoms with Crippen molar-refractivity contribution in [3.63, 3.8) is 0 Å². The summed E-state index contributed by atoms with van der Waals surface area (Å²) in [5.41, 5.74) is 5.68. The van der Waals surface area contributed by atoms with Crippen LogP contribution < -0.4 is 11.1 Å². The van der Waals surface area contributed by atoms with Crippen LogP contribution in [0.2, 0.25) is 5.02 Å². The van der Waals surface area contributed by atoms with Gasteiger partial charge < -0.3 is 11.1 Å². The first kappa shape index (κ1) is 13.9. The Labute approximate surface area is 105 Å². The summed E-state index contributed by atoms with van der Waals surface area (Å²) in [6.45, 7) is 4.63. The van der Waals surface area contributed by atoms with Crippen LogP contribution in [0.1, 0.15) is 19.4 Å². The normalized spacial score (nSPS) is 11.5. The van der Waals surface area contributed by atoms with Crippen molar-refractivity contribution in [2.45, 2.75) is 19.3 Å². The third-order valence-corrected chi connectivity index (χ3v) is 2.86. The van der Waals surface area contributed by atoms with Gasteiger partial charge in [-0.2, -0.15) is 0 Å². The summed E-state index contributed by atoms with van der Waals surface area (Å²) >= 11 is 5.73. The fraction of sp³-hybridized carbons (Fsp3) is 0.417. The lowest BCUT2D eigenvalue weighted by atomic mass is 9.84. The van der Waals surface area contributed by atoms with Gasteiger partial charge >= 0.3 is 0 Å². The van der Waals surface area contributed by atoms with Crippen LogP contribution in [-0.4, -0.2) is 19.0 Å². The second-order valence-corrected chi connectivity index (χ2v) is 4.99. The van der Waals surface area contributed by atoms with Crippen LogP contribution in [0.15, 0.2) is 18.2 Å². The second-order valence-electron chi connectivity index (χ2n) is 4.58. The Morgan fingerprint density at radius 3 is 2.71 bits per heavy atom. The van der Waals surface area contributed by atoms with E-state index in [1.54, 1.807) is 12.1 Å². The van der Waals surface area contributed by atoms with Gasteiger partial charge in [0.2, 0.25) is 5.91 Å². The highest BCUT2D eigenvalue weighted by molar-refractivity contribution is 6.30. The van der Waals surface area contributed by atoms with Gasteiger partial charge in [-0.1, -0.05) is 31.5 Å².